The predicted octanol–water partition coefficient (Wildman–Crippen LogP) is 1.91. The molecule has 1 aliphatic rings. The molecule has 1 aliphatic heterocycles. The Morgan fingerprint density at radius 2 is 2.07 bits per heavy atom. The van der Waals surface area contributed by atoms with Crippen molar-refractivity contribution in [3.8, 4) is 6.07 Å². The smallest absolute Gasteiger partial charge is 0.410 e. The lowest BCUT2D eigenvalue weighted by atomic mass is 10.0. The summed E-state index contributed by atoms with van der Waals surface area (Å²) in [5.74, 6) is -2.26. The first-order chi connectivity index (χ1) is 12.9. The summed E-state index contributed by atoms with van der Waals surface area (Å²) in [6, 6.07) is 9.20. The second-order valence-electron chi connectivity index (χ2n) is 6.56. The zero-order valence-corrected chi connectivity index (χ0v) is 15.1. The fourth-order valence-electron chi connectivity index (χ4n) is 2.96. The third-order valence-electron chi connectivity index (χ3n) is 4.42. The number of nitriles is 1. The van der Waals surface area contributed by atoms with Crippen molar-refractivity contribution in [2.75, 3.05) is 6.54 Å². The summed E-state index contributed by atoms with van der Waals surface area (Å²) in [5, 5.41) is 20.6. The Bertz CT molecular complexity index is 716. The Kier molecular flexibility index (Phi) is 7.17. The molecular formula is C19H23N3O5. The molecule has 0 radical (unpaired) electrons. The summed E-state index contributed by atoms with van der Waals surface area (Å²) >= 11 is 0. The van der Waals surface area contributed by atoms with Crippen molar-refractivity contribution in [2.45, 2.75) is 44.9 Å². The fraction of sp³-hybridized carbons (Fsp3) is 0.474. The second-order valence-corrected chi connectivity index (χ2v) is 6.56. The van der Waals surface area contributed by atoms with Gasteiger partial charge in [0.1, 0.15) is 18.7 Å². The topological polar surface area (TPSA) is 120 Å². The molecule has 2 rings (SSSR count). The lowest BCUT2D eigenvalue weighted by Crippen LogP contribution is -2.51. The van der Waals surface area contributed by atoms with Crippen LogP contribution in [0.5, 0.6) is 0 Å². The van der Waals surface area contributed by atoms with Crippen molar-refractivity contribution >= 4 is 18.0 Å². The molecule has 0 spiro atoms. The van der Waals surface area contributed by atoms with Gasteiger partial charge in [-0.3, -0.25) is 9.69 Å². The first-order valence-electron chi connectivity index (χ1n) is 8.82. The molecule has 1 aromatic carbocycles. The van der Waals surface area contributed by atoms with Crippen LogP contribution in [-0.4, -0.2) is 46.6 Å². The molecule has 8 heteroatoms. The molecule has 1 aromatic rings. The average molecular weight is 373 g/mol. The van der Waals surface area contributed by atoms with Gasteiger partial charge in [-0.2, -0.15) is 5.26 Å². The summed E-state index contributed by atoms with van der Waals surface area (Å²) in [6.45, 7) is 2.06. The van der Waals surface area contributed by atoms with Crippen LogP contribution in [0.25, 0.3) is 0 Å². The molecule has 1 heterocycles. The largest absolute Gasteiger partial charge is 0.480 e. The molecule has 0 aliphatic carbocycles. The zero-order valence-electron chi connectivity index (χ0n) is 15.1. The van der Waals surface area contributed by atoms with E-state index in [4.69, 9.17) is 10.00 Å². The maximum absolute atomic E-state index is 12.5. The maximum atomic E-state index is 12.5. The van der Waals surface area contributed by atoms with Crippen LogP contribution in [0.15, 0.2) is 30.3 Å². The maximum Gasteiger partial charge on any atom is 0.410 e. The Labute approximate surface area is 157 Å². The lowest BCUT2D eigenvalue weighted by molar-refractivity contribution is -0.142. The summed E-state index contributed by atoms with van der Waals surface area (Å²) < 4.78 is 5.27. The molecule has 8 nitrogen and oxygen atoms in total. The van der Waals surface area contributed by atoms with Gasteiger partial charge in [0, 0.05) is 12.5 Å². The van der Waals surface area contributed by atoms with Crippen molar-refractivity contribution < 1.29 is 24.2 Å². The monoisotopic (exact) mass is 373 g/mol. The Hall–Kier alpha value is -3.08. The number of amides is 2. The van der Waals surface area contributed by atoms with Gasteiger partial charge >= 0.3 is 12.1 Å². The van der Waals surface area contributed by atoms with Gasteiger partial charge in [0.15, 0.2) is 0 Å². The Balaban J connectivity index is 1.95. The van der Waals surface area contributed by atoms with Crippen molar-refractivity contribution in [2.24, 2.45) is 5.92 Å². The van der Waals surface area contributed by atoms with Gasteiger partial charge in [-0.1, -0.05) is 30.3 Å². The second kappa shape index (κ2) is 9.57. The SMILES string of the molecule is C[C@@H](C#N)C[C@@H](NC(=O)[C@H]1CCCN1C(=O)OCc1ccccc1)C(=O)O. The number of benzene rings is 1. The van der Waals surface area contributed by atoms with E-state index in [9.17, 15) is 19.5 Å². The van der Waals surface area contributed by atoms with Crippen molar-refractivity contribution in [3.63, 3.8) is 0 Å². The van der Waals surface area contributed by atoms with Crippen LogP contribution >= 0.6 is 0 Å². The minimum atomic E-state index is -1.21. The molecule has 2 N–H and O–H groups in total. The summed E-state index contributed by atoms with van der Waals surface area (Å²) in [6.07, 6.45) is 0.466. The highest BCUT2D eigenvalue weighted by molar-refractivity contribution is 5.89. The third-order valence-corrected chi connectivity index (χ3v) is 4.42. The van der Waals surface area contributed by atoms with E-state index in [0.29, 0.717) is 19.4 Å². The molecule has 1 fully saturated rings. The third kappa shape index (κ3) is 5.71. The molecule has 144 valence electrons. The number of carbonyl (C=O) groups is 3. The first-order valence-corrected chi connectivity index (χ1v) is 8.82. The van der Waals surface area contributed by atoms with Gasteiger partial charge < -0.3 is 15.2 Å². The standard InChI is InChI=1S/C19H23N3O5/c1-13(11-20)10-15(18(24)25)21-17(23)16-8-5-9-22(16)19(26)27-12-14-6-3-2-4-7-14/h2-4,6-7,13,15-16H,5,8-10,12H2,1H3,(H,21,23)(H,24,25)/t13-,15-,16-/m1/s1. The van der Waals surface area contributed by atoms with Crippen LogP contribution in [0.1, 0.15) is 31.7 Å². The van der Waals surface area contributed by atoms with Gasteiger partial charge in [0.05, 0.1) is 6.07 Å². The summed E-state index contributed by atoms with van der Waals surface area (Å²) in [5.41, 5.74) is 0.836. The van der Waals surface area contributed by atoms with Crippen LogP contribution in [-0.2, 0) is 20.9 Å². The van der Waals surface area contributed by atoms with Crippen LogP contribution in [0, 0.1) is 17.2 Å². The number of nitrogens with zero attached hydrogens (tertiary/aromatic N) is 2. The number of likely N-dealkylation sites (tertiary alicyclic amines) is 1. The zero-order chi connectivity index (χ0) is 19.8. The molecule has 27 heavy (non-hydrogen) atoms. The molecule has 0 aromatic heterocycles. The molecule has 1 saturated heterocycles. The molecular weight excluding hydrogens is 350 g/mol. The van der Waals surface area contributed by atoms with E-state index in [0.717, 1.165) is 5.56 Å². The molecule has 3 atom stereocenters. The van der Waals surface area contributed by atoms with E-state index in [1.54, 1.807) is 6.92 Å². The highest BCUT2D eigenvalue weighted by Gasteiger charge is 2.37. The summed E-state index contributed by atoms with van der Waals surface area (Å²) in [7, 11) is 0. The number of carbonyl (C=O) groups excluding carboxylic acids is 2. The van der Waals surface area contributed by atoms with Gasteiger partial charge in [0.2, 0.25) is 5.91 Å². The van der Waals surface area contributed by atoms with Crippen molar-refractivity contribution in [3.05, 3.63) is 35.9 Å². The highest BCUT2D eigenvalue weighted by Crippen LogP contribution is 2.20. The fourth-order valence-corrected chi connectivity index (χ4v) is 2.96. The van der Waals surface area contributed by atoms with Crippen LogP contribution in [0.4, 0.5) is 4.79 Å². The normalized spacial score (nSPS) is 18.2. The number of carboxylic acids is 1. The quantitative estimate of drug-likeness (QED) is 0.753. The number of hydrogen-bond donors (Lipinski definition) is 2. The minimum Gasteiger partial charge on any atom is -0.480 e. The first kappa shape index (κ1) is 20.2. The predicted molar refractivity (Wildman–Crippen MR) is 95.3 cm³/mol. The van der Waals surface area contributed by atoms with Crippen LogP contribution < -0.4 is 5.32 Å². The Morgan fingerprint density at radius 3 is 2.70 bits per heavy atom. The van der Waals surface area contributed by atoms with E-state index in [-0.39, 0.29) is 13.0 Å². The van der Waals surface area contributed by atoms with E-state index in [1.807, 2.05) is 36.4 Å². The van der Waals surface area contributed by atoms with Crippen LogP contribution in [0.2, 0.25) is 0 Å². The average Bonchev–Trinajstić information content (AvgIpc) is 3.16. The lowest BCUT2D eigenvalue weighted by Gasteiger charge is -2.25. The number of hydrogen-bond acceptors (Lipinski definition) is 5. The molecule has 0 unspecified atom stereocenters. The minimum absolute atomic E-state index is 0.00273. The molecule has 0 bridgehead atoms. The number of rotatable bonds is 7. The van der Waals surface area contributed by atoms with E-state index in [2.05, 4.69) is 5.32 Å². The number of aliphatic carboxylic acids is 1. The number of nitrogens with one attached hydrogen (secondary N) is 1. The molecule has 0 saturated carbocycles. The number of carboxylic acid groups (broad SMARTS) is 1. The summed E-state index contributed by atoms with van der Waals surface area (Å²) in [4.78, 5) is 37.5. The van der Waals surface area contributed by atoms with E-state index >= 15 is 0 Å². The van der Waals surface area contributed by atoms with Gasteiger partial charge in [-0.25, -0.2) is 9.59 Å². The van der Waals surface area contributed by atoms with E-state index < -0.39 is 36.0 Å². The van der Waals surface area contributed by atoms with Gasteiger partial charge in [-0.15, -0.1) is 0 Å². The van der Waals surface area contributed by atoms with Crippen molar-refractivity contribution in [1.82, 2.24) is 10.2 Å². The van der Waals surface area contributed by atoms with Crippen LogP contribution in [0.3, 0.4) is 0 Å². The number of ether oxygens (including phenoxy) is 1. The van der Waals surface area contributed by atoms with E-state index in [1.165, 1.54) is 4.90 Å². The highest BCUT2D eigenvalue weighted by atomic mass is 16.6. The van der Waals surface area contributed by atoms with Gasteiger partial charge in [0.25, 0.3) is 0 Å². The Morgan fingerprint density at radius 1 is 1.37 bits per heavy atom. The molecule has 2 amide bonds. The van der Waals surface area contributed by atoms with Gasteiger partial charge in [-0.05, 0) is 31.7 Å². The van der Waals surface area contributed by atoms with Crippen molar-refractivity contribution in [1.29, 1.82) is 5.26 Å².